The minimum Gasteiger partial charge on any atom is -0.340 e. The molecule has 3 nitrogen and oxygen atoms in total. The first kappa shape index (κ1) is 9.97. The molecule has 3 heteroatoms. The zero-order valence-corrected chi connectivity index (χ0v) is 8.96. The number of amides is 1. The van der Waals surface area contributed by atoms with E-state index in [0.717, 1.165) is 19.4 Å². The van der Waals surface area contributed by atoms with Gasteiger partial charge in [-0.1, -0.05) is 0 Å². The summed E-state index contributed by atoms with van der Waals surface area (Å²) in [6.07, 6.45) is 6.20. The molecule has 0 aromatic carbocycles. The summed E-state index contributed by atoms with van der Waals surface area (Å²) in [6.45, 7) is 2.90. The molecule has 0 unspecified atom stereocenters. The van der Waals surface area contributed by atoms with Crippen LogP contribution >= 0.6 is 0 Å². The number of carbonyl (C=O) groups excluding carboxylic acids is 1. The van der Waals surface area contributed by atoms with Crippen LogP contribution in [0.25, 0.3) is 0 Å². The average molecular weight is 196 g/mol. The van der Waals surface area contributed by atoms with Crippen LogP contribution in [-0.2, 0) is 4.79 Å². The Morgan fingerprint density at radius 2 is 2.14 bits per heavy atom. The first-order valence-electron chi connectivity index (χ1n) is 5.73. The molecule has 0 aromatic heterocycles. The fraction of sp³-hybridized carbons (Fsp3) is 0.909. The lowest BCUT2D eigenvalue weighted by Gasteiger charge is -2.38. The molecule has 2 N–H and O–H groups in total. The minimum atomic E-state index is -0.153. The van der Waals surface area contributed by atoms with Gasteiger partial charge in [-0.2, -0.15) is 0 Å². The van der Waals surface area contributed by atoms with E-state index in [0.29, 0.717) is 12.5 Å². The van der Waals surface area contributed by atoms with Gasteiger partial charge < -0.3 is 10.6 Å². The quantitative estimate of drug-likeness (QED) is 0.736. The number of hydrogen-bond donors (Lipinski definition) is 1. The lowest BCUT2D eigenvalue weighted by atomic mass is 9.75. The van der Waals surface area contributed by atoms with Crippen molar-refractivity contribution in [3.63, 3.8) is 0 Å². The molecule has 0 spiro atoms. The average Bonchev–Trinajstić information content (AvgIpc) is 2.87. The van der Waals surface area contributed by atoms with Crippen molar-refractivity contribution in [1.29, 1.82) is 0 Å². The predicted molar refractivity (Wildman–Crippen MR) is 55.8 cm³/mol. The van der Waals surface area contributed by atoms with E-state index in [1.807, 2.05) is 4.90 Å². The smallest absolute Gasteiger partial charge is 0.224 e. The monoisotopic (exact) mass is 196 g/mol. The molecule has 2 aliphatic carbocycles. The second-order valence-corrected chi connectivity index (χ2v) is 4.80. The van der Waals surface area contributed by atoms with Crippen molar-refractivity contribution >= 4 is 5.91 Å². The van der Waals surface area contributed by atoms with E-state index in [4.69, 9.17) is 5.73 Å². The van der Waals surface area contributed by atoms with Gasteiger partial charge in [0.05, 0.1) is 0 Å². The van der Waals surface area contributed by atoms with Crippen LogP contribution in [0.5, 0.6) is 0 Å². The summed E-state index contributed by atoms with van der Waals surface area (Å²) in [4.78, 5) is 13.9. The molecule has 0 bridgehead atoms. The number of hydrogen-bond acceptors (Lipinski definition) is 2. The van der Waals surface area contributed by atoms with E-state index < -0.39 is 0 Å². The van der Waals surface area contributed by atoms with Crippen LogP contribution < -0.4 is 5.73 Å². The predicted octanol–water partition coefficient (Wildman–Crippen LogP) is 1.27. The van der Waals surface area contributed by atoms with Gasteiger partial charge in [0.25, 0.3) is 0 Å². The standard InChI is InChI=1S/C11H20N2O/c1-2-13(9-4-5-9)10(14)8-11(12)6-3-7-11/h9H,2-8,12H2,1H3. The molecule has 2 saturated carbocycles. The number of carbonyl (C=O) groups is 1. The Bertz CT molecular complexity index is 231. The first-order chi connectivity index (χ1) is 6.64. The van der Waals surface area contributed by atoms with E-state index in [-0.39, 0.29) is 11.4 Å². The van der Waals surface area contributed by atoms with E-state index in [9.17, 15) is 4.79 Å². The second kappa shape index (κ2) is 3.54. The molecule has 80 valence electrons. The lowest BCUT2D eigenvalue weighted by Crippen LogP contribution is -2.50. The molecule has 2 aliphatic rings. The third-order valence-electron chi connectivity index (χ3n) is 3.50. The van der Waals surface area contributed by atoms with Crippen molar-refractivity contribution in [2.24, 2.45) is 5.73 Å². The number of rotatable bonds is 4. The Hall–Kier alpha value is -0.570. The fourth-order valence-corrected chi connectivity index (χ4v) is 2.23. The maximum Gasteiger partial charge on any atom is 0.224 e. The first-order valence-corrected chi connectivity index (χ1v) is 5.73. The Balaban J connectivity index is 1.86. The highest BCUT2D eigenvalue weighted by Crippen LogP contribution is 2.34. The van der Waals surface area contributed by atoms with E-state index in [2.05, 4.69) is 6.92 Å². The van der Waals surface area contributed by atoms with Gasteiger partial charge in [0.2, 0.25) is 5.91 Å². The minimum absolute atomic E-state index is 0.153. The van der Waals surface area contributed by atoms with Crippen LogP contribution in [0.3, 0.4) is 0 Å². The third-order valence-corrected chi connectivity index (χ3v) is 3.50. The molecule has 0 radical (unpaired) electrons. The van der Waals surface area contributed by atoms with E-state index >= 15 is 0 Å². The molecule has 14 heavy (non-hydrogen) atoms. The topological polar surface area (TPSA) is 46.3 Å². The van der Waals surface area contributed by atoms with E-state index in [1.54, 1.807) is 0 Å². The summed E-state index contributed by atoms with van der Waals surface area (Å²) >= 11 is 0. The van der Waals surface area contributed by atoms with Gasteiger partial charge in [0.1, 0.15) is 0 Å². The van der Waals surface area contributed by atoms with Crippen LogP contribution in [-0.4, -0.2) is 28.9 Å². The van der Waals surface area contributed by atoms with Crippen molar-refractivity contribution in [2.75, 3.05) is 6.54 Å². The van der Waals surface area contributed by atoms with Gasteiger partial charge in [-0.05, 0) is 39.0 Å². The summed E-state index contributed by atoms with van der Waals surface area (Å²) in [5.41, 5.74) is 5.92. The molecule has 1 amide bonds. The summed E-state index contributed by atoms with van der Waals surface area (Å²) in [6, 6.07) is 0.538. The van der Waals surface area contributed by atoms with Gasteiger partial charge in [0, 0.05) is 24.5 Å². The third kappa shape index (κ3) is 1.92. The van der Waals surface area contributed by atoms with Gasteiger partial charge >= 0.3 is 0 Å². The highest BCUT2D eigenvalue weighted by Gasteiger charge is 2.38. The molecule has 0 atom stereocenters. The van der Waals surface area contributed by atoms with Crippen molar-refractivity contribution in [3.8, 4) is 0 Å². The zero-order valence-electron chi connectivity index (χ0n) is 8.96. The van der Waals surface area contributed by atoms with Gasteiger partial charge in [-0.25, -0.2) is 0 Å². The van der Waals surface area contributed by atoms with Crippen molar-refractivity contribution < 1.29 is 4.79 Å². The molecule has 2 fully saturated rings. The number of nitrogens with zero attached hydrogens (tertiary/aromatic N) is 1. The largest absolute Gasteiger partial charge is 0.340 e. The van der Waals surface area contributed by atoms with Crippen molar-refractivity contribution in [2.45, 2.75) is 57.0 Å². The van der Waals surface area contributed by atoms with Crippen molar-refractivity contribution in [3.05, 3.63) is 0 Å². The van der Waals surface area contributed by atoms with Crippen molar-refractivity contribution in [1.82, 2.24) is 4.90 Å². The van der Waals surface area contributed by atoms with Gasteiger partial charge in [-0.15, -0.1) is 0 Å². The Morgan fingerprint density at radius 1 is 1.50 bits per heavy atom. The molecular weight excluding hydrogens is 176 g/mol. The molecule has 2 rings (SSSR count). The normalized spacial score (nSPS) is 24.1. The van der Waals surface area contributed by atoms with Gasteiger partial charge in [0.15, 0.2) is 0 Å². The highest BCUT2D eigenvalue weighted by molar-refractivity contribution is 5.78. The summed E-state index contributed by atoms with van der Waals surface area (Å²) in [5.74, 6) is 0.275. The van der Waals surface area contributed by atoms with Crippen LogP contribution in [0, 0.1) is 0 Å². The van der Waals surface area contributed by atoms with Gasteiger partial charge in [-0.3, -0.25) is 4.79 Å². The molecule has 0 aliphatic heterocycles. The van der Waals surface area contributed by atoms with Crippen LogP contribution in [0.15, 0.2) is 0 Å². The molecular formula is C11H20N2O. The molecule has 0 aromatic rings. The van der Waals surface area contributed by atoms with Crippen LogP contribution in [0.4, 0.5) is 0 Å². The summed E-state index contributed by atoms with van der Waals surface area (Å²) in [7, 11) is 0. The van der Waals surface area contributed by atoms with Crippen LogP contribution in [0.1, 0.15) is 45.4 Å². The van der Waals surface area contributed by atoms with Crippen LogP contribution in [0.2, 0.25) is 0 Å². The summed E-state index contributed by atoms with van der Waals surface area (Å²) in [5, 5.41) is 0. The Morgan fingerprint density at radius 3 is 2.50 bits per heavy atom. The Kier molecular flexibility index (Phi) is 2.52. The molecule has 0 saturated heterocycles. The summed E-state index contributed by atoms with van der Waals surface area (Å²) < 4.78 is 0. The highest BCUT2D eigenvalue weighted by atomic mass is 16.2. The second-order valence-electron chi connectivity index (χ2n) is 4.80. The maximum atomic E-state index is 11.9. The SMILES string of the molecule is CCN(C(=O)CC1(N)CCC1)C1CC1. The maximum absolute atomic E-state index is 11.9. The Labute approximate surface area is 85.6 Å². The fourth-order valence-electron chi connectivity index (χ4n) is 2.23. The number of nitrogens with two attached hydrogens (primary N) is 1. The van der Waals surface area contributed by atoms with E-state index in [1.165, 1.54) is 19.3 Å². The lowest BCUT2D eigenvalue weighted by molar-refractivity contribution is -0.133. The molecule has 0 heterocycles. The zero-order chi connectivity index (χ0) is 10.2.